The summed E-state index contributed by atoms with van der Waals surface area (Å²) < 4.78 is 5.69. The van der Waals surface area contributed by atoms with Crippen LogP contribution in [0, 0.1) is 0 Å². The number of phenols is 1. The number of nitrogens with zero attached hydrogens (tertiary/aromatic N) is 1. The van der Waals surface area contributed by atoms with Gasteiger partial charge in [-0.3, -0.25) is 9.69 Å². The second-order valence-corrected chi connectivity index (χ2v) is 7.76. The molecule has 1 aliphatic carbocycles. The molecule has 0 aromatic heterocycles. The Morgan fingerprint density at radius 1 is 1.32 bits per heavy atom. The predicted molar refractivity (Wildman–Crippen MR) is 97.4 cm³/mol. The number of nitrogens with two attached hydrogens (primary N) is 1. The molecule has 1 saturated carbocycles. The fourth-order valence-corrected chi connectivity index (χ4v) is 3.53. The summed E-state index contributed by atoms with van der Waals surface area (Å²) in [6, 6.07) is 2.98. The number of hydrogen-bond acceptors (Lipinski definition) is 8. The molecule has 3 rings (SSSR count). The molecule has 11 heteroatoms. The van der Waals surface area contributed by atoms with Gasteiger partial charge in [-0.1, -0.05) is 6.07 Å². The summed E-state index contributed by atoms with van der Waals surface area (Å²) in [5, 5.41) is 47.4. The molecule has 152 valence electrons. The Morgan fingerprint density at radius 3 is 2.46 bits per heavy atom. The molecule has 7 N–H and O–H groups in total. The van der Waals surface area contributed by atoms with Gasteiger partial charge in [0.2, 0.25) is 0 Å². The summed E-state index contributed by atoms with van der Waals surface area (Å²) in [5.41, 5.74) is 4.29. The molecular formula is C17H23BN2O8. The minimum absolute atomic E-state index is 0.00823. The third-order valence-corrected chi connectivity index (χ3v) is 5.26. The number of aromatic carboxylic acids is 1. The van der Waals surface area contributed by atoms with Crippen LogP contribution in [0.15, 0.2) is 12.1 Å². The summed E-state index contributed by atoms with van der Waals surface area (Å²) >= 11 is 0. The van der Waals surface area contributed by atoms with E-state index in [4.69, 9.17) is 15.6 Å². The van der Waals surface area contributed by atoms with Crippen LogP contribution in [-0.2, 0) is 4.79 Å². The SMILES string of the molecule is CC(N)(CN1CC(Oc2ccc(C3CC3B(O)O)c(O)c2C(=O)O)C1)C(=O)O. The van der Waals surface area contributed by atoms with Crippen molar-refractivity contribution in [1.82, 2.24) is 4.90 Å². The molecule has 0 spiro atoms. The number of benzene rings is 1. The van der Waals surface area contributed by atoms with E-state index in [9.17, 15) is 29.9 Å². The summed E-state index contributed by atoms with van der Waals surface area (Å²) in [7, 11) is -1.52. The standard InChI is InChI=1S/C17H23BN2O8/c1-17(19,16(24)25)7-20-5-8(6-20)28-12-3-2-9(10-4-11(10)18(26)27)14(21)13(12)15(22)23/h2-3,8,10-11,21,26-27H,4-7,19H2,1H3,(H,22,23)(H,24,25). The molecule has 0 bridgehead atoms. The maximum absolute atomic E-state index is 11.6. The van der Waals surface area contributed by atoms with Gasteiger partial charge in [-0.25, -0.2) is 4.79 Å². The van der Waals surface area contributed by atoms with Crippen LogP contribution in [0.1, 0.15) is 35.2 Å². The van der Waals surface area contributed by atoms with Crippen molar-refractivity contribution in [1.29, 1.82) is 0 Å². The number of aliphatic carboxylic acids is 1. The molecule has 1 aromatic rings. The van der Waals surface area contributed by atoms with Crippen LogP contribution < -0.4 is 10.5 Å². The summed E-state index contributed by atoms with van der Waals surface area (Å²) in [5.74, 6) is -3.64. The van der Waals surface area contributed by atoms with Crippen molar-refractivity contribution in [3.05, 3.63) is 23.3 Å². The zero-order valence-corrected chi connectivity index (χ0v) is 15.3. The Bertz CT molecular complexity index is 794. The normalized spacial score (nSPS) is 24.1. The van der Waals surface area contributed by atoms with Gasteiger partial charge in [0.05, 0.1) is 0 Å². The third-order valence-electron chi connectivity index (χ3n) is 5.26. The van der Waals surface area contributed by atoms with Gasteiger partial charge in [0.1, 0.15) is 28.7 Å². The molecule has 1 aliphatic heterocycles. The first-order valence-electron chi connectivity index (χ1n) is 8.88. The van der Waals surface area contributed by atoms with Crippen molar-refractivity contribution in [2.45, 2.75) is 36.7 Å². The Hall–Kier alpha value is -2.34. The lowest BCUT2D eigenvalue weighted by atomic mass is 9.81. The highest BCUT2D eigenvalue weighted by molar-refractivity contribution is 6.44. The van der Waals surface area contributed by atoms with Crippen molar-refractivity contribution < 1.29 is 39.7 Å². The zero-order valence-electron chi connectivity index (χ0n) is 15.3. The van der Waals surface area contributed by atoms with E-state index < -0.39 is 36.2 Å². The predicted octanol–water partition coefficient (Wildman–Crippen LogP) is -0.714. The summed E-state index contributed by atoms with van der Waals surface area (Å²) in [6.07, 6.45) is 0.0876. The average molecular weight is 394 g/mol. The van der Waals surface area contributed by atoms with Crippen molar-refractivity contribution in [2.75, 3.05) is 19.6 Å². The first-order chi connectivity index (χ1) is 13.0. The molecule has 0 radical (unpaired) electrons. The molecular weight excluding hydrogens is 371 g/mol. The lowest BCUT2D eigenvalue weighted by molar-refractivity contribution is -0.144. The first-order valence-corrected chi connectivity index (χ1v) is 8.88. The lowest BCUT2D eigenvalue weighted by Gasteiger charge is -2.41. The van der Waals surface area contributed by atoms with E-state index in [2.05, 4.69) is 0 Å². The monoisotopic (exact) mass is 394 g/mol. The average Bonchev–Trinajstić information content (AvgIpc) is 3.32. The molecule has 1 heterocycles. The van der Waals surface area contributed by atoms with Gasteiger partial charge >= 0.3 is 19.1 Å². The molecule has 28 heavy (non-hydrogen) atoms. The van der Waals surface area contributed by atoms with Crippen LogP contribution in [0.4, 0.5) is 0 Å². The van der Waals surface area contributed by atoms with Crippen LogP contribution >= 0.6 is 0 Å². The number of carbonyl (C=O) groups is 2. The van der Waals surface area contributed by atoms with Crippen molar-refractivity contribution in [3.63, 3.8) is 0 Å². The molecule has 1 saturated heterocycles. The molecule has 10 nitrogen and oxygen atoms in total. The van der Waals surface area contributed by atoms with Crippen LogP contribution in [-0.4, -0.2) is 80.6 Å². The molecule has 1 aromatic carbocycles. The molecule has 2 fully saturated rings. The van der Waals surface area contributed by atoms with Gasteiger partial charge in [-0.2, -0.15) is 0 Å². The van der Waals surface area contributed by atoms with Gasteiger partial charge in [-0.05, 0) is 30.9 Å². The van der Waals surface area contributed by atoms with E-state index in [1.54, 1.807) is 4.90 Å². The van der Waals surface area contributed by atoms with Gasteiger partial charge in [0, 0.05) is 25.5 Å². The van der Waals surface area contributed by atoms with Crippen molar-refractivity contribution in [2.24, 2.45) is 5.73 Å². The maximum Gasteiger partial charge on any atom is 0.455 e. The fraction of sp³-hybridized carbons (Fsp3) is 0.529. The number of likely N-dealkylation sites (tertiary alicyclic amines) is 1. The Labute approximate surface area is 161 Å². The maximum atomic E-state index is 11.6. The zero-order chi connectivity index (χ0) is 20.8. The van der Waals surface area contributed by atoms with Crippen LogP contribution in [0.2, 0.25) is 5.82 Å². The number of carboxylic acids is 2. The van der Waals surface area contributed by atoms with Crippen molar-refractivity contribution >= 4 is 19.1 Å². The van der Waals surface area contributed by atoms with Gasteiger partial charge in [-0.15, -0.1) is 0 Å². The smallest absolute Gasteiger partial charge is 0.455 e. The Balaban J connectivity index is 1.68. The fourth-order valence-electron chi connectivity index (χ4n) is 3.53. The van der Waals surface area contributed by atoms with Crippen LogP contribution in [0.25, 0.3) is 0 Å². The highest BCUT2D eigenvalue weighted by atomic mass is 16.5. The first kappa shape index (κ1) is 20.4. The van der Waals surface area contributed by atoms with E-state index in [1.807, 2.05) is 0 Å². The number of carboxylic acid groups (broad SMARTS) is 2. The van der Waals surface area contributed by atoms with Crippen LogP contribution in [0.3, 0.4) is 0 Å². The number of hydrogen-bond donors (Lipinski definition) is 6. The second kappa shape index (κ2) is 7.24. The van der Waals surface area contributed by atoms with E-state index >= 15 is 0 Å². The Morgan fingerprint density at radius 2 is 1.96 bits per heavy atom. The number of aromatic hydroxyl groups is 1. The molecule has 3 unspecified atom stereocenters. The van der Waals surface area contributed by atoms with E-state index in [0.717, 1.165) is 0 Å². The molecule has 3 atom stereocenters. The second-order valence-electron chi connectivity index (χ2n) is 7.76. The number of rotatable bonds is 8. The Kier molecular flexibility index (Phi) is 5.28. The van der Waals surface area contributed by atoms with Crippen LogP contribution in [0.5, 0.6) is 11.5 Å². The summed E-state index contributed by atoms with van der Waals surface area (Å²) in [4.78, 5) is 24.5. The topological polar surface area (TPSA) is 174 Å². The molecule has 2 aliphatic rings. The van der Waals surface area contributed by atoms with Gasteiger partial charge in [0.25, 0.3) is 0 Å². The summed E-state index contributed by atoms with van der Waals surface area (Å²) in [6.45, 7) is 2.30. The highest BCUT2D eigenvalue weighted by Crippen LogP contribution is 2.56. The lowest BCUT2D eigenvalue weighted by Crippen LogP contribution is -2.62. The quantitative estimate of drug-likeness (QED) is 0.309. The minimum atomic E-state index is -1.52. The number of ether oxygens (including phenoxy) is 1. The van der Waals surface area contributed by atoms with Gasteiger partial charge < -0.3 is 35.8 Å². The van der Waals surface area contributed by atoms with E-state index in [-0.39, 0.29) is 29.9 Å². The molecule has 0 amide bonds. The van der Waals surface area contributed by atoms with Gasteiger partial charge in [0.15, 0.2) is 0 Å². The largest absolute Gasteiger partial charge is 0.507 e. The van der Waals surface area contributed by atoms with Crippen molar-refractivity contribution in [3.8, 4) is 11.5 Å². The minimum Gasteiger partial charge on any atom is -0.507 e. The third kappa shape index (κ3) is 3.92. The highest BCUT2D eigenvalue weighted by Gasteiger charge is 2.48. The van der Waals surface area contributed by atoms with E-state index in [1.165, 1.54) is 19.1 Å². The van der Waals surface area contributed by atoms with E-state index in [0.29, 0.717) is 25.1 Å².